The number of piperidine rings is 1. The quantitative estimate of drug-likeness (QED) is 0.798. The molecule has 1 fully saturated rings. The first-order chi connectivity index (χ1) is 13.0. The van der Waals surface area contributed by atoms with Gasteiger partial charge >= 0.3 is 0 Å². The first kappa shape index (κ1) is 19.8. The van der Waals surface area contributed by atoms with E-state index in [-0.39, 0.29) is 21.4 Å². The lowest BCUT2D eigenvalue weighted by molar-refractivity contribution is 0.0954. The minimum atomic E-state index is -3.70. The molecule has 1 aliphatic heterocycles. The molecule has 144 valence electrons. The molecule has 0 unspecified atom stereocenters. The minimum Gasteiger partial charge on any atom is -0.352 e. The molecule has 1 aliphatic rings. The van der Waals surface area contributed by atoms with Gasteiger partial charge in [-0.05, 0) is 43.2 Å². The van der Waals surface area contributed by atoms with E-state index in [0.717, 1.165) is 25.0 Å². The van der Waals surface area contributed by atoms with E-state index in [0.29, 0.717) is 26.1 Å². The summed E-state index contributed by atoms with van der Waals surface area (Å²) in [6.45, 7) is 1.38. The topological polar surface area (TPSA) is 79.4 Å². The van der Waals surface area contributed by atoms with Crippen LogP contribution in [0.3, 0.4) is 0 Å². The fourth-order valence-corrected chi connectivity index (χ4v) is 5.06. The molecule has 1 aromatic carbocycles. The average Bonchev–Trinajstić information content (AvgIpc) is 2.69. The second-order valence-corrected chi connectivity index (χ2v) is 8.75. The van der Waals surface area contributed by atoms with Crippen LogP contribution in [0.2, 0.25) is 5.02 Å². The highest BCUT2D eigenvalue weighted by molar-refractivity contribution is 7.89. The summed E-state index contributed by atoms with van der Waals surface area (Å²) in [6.07, 6.45) is 5.00. The van der Waals surface area contributed by atoms with E-state index in [9.17, 15) is 13.2 Å². The first-order valence-corrected chi connectivity index (χ1v) is 10.8. The van der Waals surface area contributed by atoms with Gasteiger partial charge in [0.05, 0.1) is 5.02 Å². The summed E-state index contributed by atoms with van der Waals surface area (Å²) in [7, 11) is -3.70. The molecular formula is C19H22ClN3O3S. The summed E-state index contributed by atoms with van der Waals surface area (Å²) in [5, 5.41) is 2.92. The summed E-state index contributed by atoms with van der Waals surface area (Å²) in [6, 6.07) is 9.97. The Morgan fingerprint density at radius 2 is 1.93 bits per heavy atom. The zero-order chi connectivity index (χ0) is 19.3. The minimum absolute atomic E-state index is 0.0107. The van der Waals surface area contributed by atoms with Crippen molar-refractivity contribution in [3.8, 4) is 0 Å². The molecule has 1 N–H and O–H groups in total. The number of amides is 1. The fraction of sp³-hybridized carbons (Fsp3) is 0.368. The number of halogens is 1. The van der Waals surface area contributed by atoms with Crippen molar-refractivity contribution < 1.29 is 13.2 Å². The van der Waals surface area contributed by atoms with Gasteiger partial charge in [0.25, 0.3) is 5.91 Å². The smallest absolute Gasteiger partial charge is 0.251 e. The summed E-state index contributed by atoms with van der Waals surface area (Å²) >= 11 is 6.14. The average molecular weight is 408 g/mol. The van der Waals surface area contributed by atoms with Crippen molar-refractivity contribution in [2.24, 2.45) is 0 Å². The van der Waals surface area contributed by atoms with Crippen molar-refractivity contribution in [2.75, 3.05) is 19.6 Å². The Kier molecular flexibility index (Phi) is 6.46. The molecule has 2 heterocycles. The molecule has 8 heteroatoms. The van der Waals surface area contributed by atoms with E-state index in [1.807, 2.05) is 18.2 Å². The molecule has 0 radical (unpaired) electrons. The summed E-state index contributed by atoms with van der Waals surface area (Å²) in [5.74, 6) is -0.335. The molecule has 6 nitrogen and oxygen atoms in total. The number of nitrogens with one attached hydrogen (secondary N) is 1. The van der Waals surface area contributed by atoms with Crippen LogP contribution in [0, 0.1) is 0 Å². The van der Waals surface area contributed by atoms with Crippen LogP contribution in [-0.4, -0.2) is 43.2 Å². The first-order valence-electron chi connectivity index (χ1n) is 8.96. The van der Waals surface area contributed by atoms with Crippen LogP contribution in [0.4, 0.5) is 0 Å². The fourth-order valence-electron chi connectivity index (χ4n) is 3.04. The number of carbonyl (C=O) groups excluding carboxylic acids is 1. The van der Waals surface area contributed by atoms with Crippen molar-refractivity contribution in [3.05, 3.63) is 58.9 Å². The van der Waals surface area contributed by atoms with Gasteiger partial charge < -0.3 is 5.32 Å². The van der Waals surface area contributed by atoms with Crippen LogP contribution >= 0.6 is 11.6 Å². The molecular weight excluding hydrogens is 386 g/mol. The lowest BCUT2D eigenvalue weighted by atomic mass is 10.2. The van der Waals surface area contributed by atoms with Gasteiger partial charge in [0, 0.05) is 43.5 Å². The van der Waals surface area contributed by atoms with Crippen molar-refractivity contribution in [2.45, 2.75) is 30.6 Å². The maximum atomic E-state index is 12.9. The predicted molar refractivity (Wildman–Crippen MR) is 104 cm³/mol. The van der Waals surface area contributed by atoms with E-state index in [1.165, 1.54) is 22.5 Å². The summed E-state index contributed by atoms with van der Waals surface area (Å²) in [4.78, 5) is 16.6. The van der Waals surface area contributed by atoms with E-state index >= 15 is 0 Å². The number of hydrogen-bond acceptors (Lipinski definition) is 4. The highest BCUT2D eigenvalue weighted by atomic mass is 35.5. The monoisotopic (exact) mass is 407 g/mol. The number of hydrogen-bond donors (Lipinski definition) is 1. The third-order valence-corrected chi connectivity index (χ3v) is 6.90. The Hall–Kier alpha value is -1.96. The molecule has 0 atom stereocenters. The van der Waals surface area contributed by atoms with Crippen LogP contribution in [-0.2, 0) is 16.4 Å². The zero-order valence-corrected chi connectivity index (χ0v) is 16.5. The lowest BCUT2D eigenvalue weighted by Gasteiger charge is -2.26. The second-order valence-electron chi connectivity index (χ2n) is 6.44. The number of carbonyl (C=O) groups is 1. The largest absolute Gasteiger partial charge is 0.352 e. The molecule has 0 spiro atoms. The van der Waals surface area contributed by atoms with Crippen LogP contribution in [0.15, 0.2) is 47.5 Å². The van der Waals surface area contributed by atoms with Crippen LogP contribution in [0.5, 0.6) is 0 Å². The highest BCUT2D eigenvalue weighted by Crippen LogP contribution is 2.27. The molecule has 1 saturated heterocycles. The van der Waals surface area contributed by atoms with Gasteiger partial charge in [0.1, 0.15) is 4.90 Å². The number of benzene rings is 1. The summed E-state index contributed by atoms with van der Waals surface area (Å²) < 4.78 is 27.2. The van der Waals surface area contributed by atoms with Gasteiger partial charge in [0.15, 0.2) is 0 Å². The predicted octanol–water partition coefficient (Wildman–Crippen LogP) is 2.88. The molecule has 0 bridgehead atoms. The van der Waals surface area contributed by atoms with E-state index < -0.39 is 10.0 Å². The Balaban J connectivity index is 1.71. The van der Waals surface area contributed by atoms with Crippen molar-refractivity contribution in [3.63, 3.8) is 0 Å². The van der Waals surface area contributed by atoms with Crippen LogP contribution < -0.4 is 5.32 Å². The molecule has 0 aliphatic carbocycles. The highest BCUT2D eigenvalue weighted by Gasteiger charge is 2.28. The SMILES string of the molecule is O=C(NCCc1ccccn1)c1ccc(Cl)c(S(=O)(=O)N2CCCCC2)c1. The number of pyridine rings is 1. The van der Waals surface area contributed by atoms with Gasteiger partial charge in [-0.25, -0.2) is 8.42 Å². The van der Waals surface area contributed by atoms with Gasteiger partial charge in [-0.3, -0.25) is 9.78 Å². The molecule has 27 heavy (non-hydrogen) atoms. The van der Waals surface area contributed by atoms with Gasteiger partial charge in [0.2, 0.25) is 10.0 Å². The van der Waals surface area contributed by atoms with E-state index in [1.54, 1.807) is 6.20 Å². The molecule has 0 saturated carbocycles. The van der Waals surface area contributed by atoms with Crippen molar-refractivity contribution in [1.29, 1.82) is 0 Å². The Morgan fingerprint density at radius 3 is 2.63 bits per heavy atom. The Bertz CT molecular complexity index is 898. The lowest BCUT2D eigenvalue weighted by Crippen LogP contribution is -2.36. The van der Waals surface area contributed by atoms with Crippen molar-refractivity contribution in [1.82, 2.24) is 14.6 Å². The van der Waals surface area contributed by atoms with E-state index in [2.05, 4.69) is 10.3 Å². The number of sulfonamides is 1. The van der Waals surface area contributed by atoms with E-state index in [4.69, 9.17) is 11.6 Å². The maximum absolute atomic E-state index is 12.9. The standard InChI is InChI=1S/C19H22ClN3O3S/c20-17-8-7-15(19(24)22-11-9-16-6-2-3-10-21-16)14-18(17)27(25,26)23-12-4-1-5-13-23/h2-3,6-8,10,14H,1,4-5,9,11-13H2,(H,22,24). The summed E-state index contributed by atoms with van der Waals surface area (Å²) in [5.41, 5.74) is 1.15. The van der Waals surface area contributed by atoms with Gasteiger partial charge in [-0.1, -0.05) is 24.1 Å². The molecule has 2 aromatic rings. The number of aromatic nitrogens is 1. The molecule has 3 rings (SSSR count). The Morgan fingerprint density at radius 1 is 1.15 bits per heavy atom. The molecule has 1 amide bonds. The zero-order valence-electron chi connectivity index (χ0n) is 14.9. The van der Waals surface area contributed by atoms with Crippen molar-refractivity contribution >= 4 is 27.5 Å². The van der Waals surface area contributed by atoms with Crippen LogP contribution in [0.1, 0.15) is 35.3 Å². The van der Waals surface area contributed by atoms with Crippen LogP contribution in [0.25, 0.3) is 0 Å². The molecule has 1 aromatic heterocycles. The Labute approximate surface area is 164 Å². The third kappa shape index (κ3) is 4.86. The second kappa shape index (κ2) is 8.82. The van der Waals surface area contributed by atoms with Gasteiger partial charge in [-0.2, -0.15) is 4.31 Å². The number of nitrogens with zero attached hydrogens (tertiary/aromatic N) is 2. The number of rotatable bonds is 6. The normalized spacial score (nSPS) is 15.4. The maximum Gasteiger partial charge on any atom is 0.251 e. The third-order valence-electron chi connectivity index (χ3n) is 4.52. The van der Waals surface area contributed by atoms with Gasteiger partial charge in [-0.15, -0.1) is 0 Å².